The lowest BCUT2D eigenvalue weighted by Gasteiger charge is -2.25. The van der Waals surface area contributed by atoms with Crippen LogP contribution >= 0.6 is 7.82 Å². The molecule has 0 aliphatic carbocycles. The van der Waals surface area contributed by atoms with Gasteiger partial charge < -0.3 is 19.8 Å². The minimum Gasteiger partial charge on any atom is -0.387 e. The second kappa shape index (κ2) is 57.4. The van der Waals surface area contributed by atoms with Gasteiger partial charge in [0.1, 0.15) is 13.2 Å². The van der Waals surface area contributed by atoms with Crippen molar-refractivity contribution in [2.24, 2.45) is 0 Å². The summed E-state index contributed by atoms with van der Waals surface area (Å²) in [5.41, 5.74) is 0. The highest BCUT2D eigenvalue weighted by molar-refractivity contribution is 7.47. The van der Waals surface area contributed by atoms with Gasteiger partial charge in [-0.3, -0.25) is 13.8 Å². The van der Waals surface area contributed by atoms with E-state index in [4.69, 9.17) is 9.05 Å². The first-order valence-corrected chi connectivity index (χ1v) is 34.4. The van der Waals surface area contributed by atoms with Gasteiger partial charge in [0.25, 0.3) is 0 Å². The number of quaternary nitrogens is 1. The number of rotatable bonds is 61. The van der Waals surface area contributed by atoms with Crippen LogP contribution in [0.3, 0.4) is 0 Å². The molecule has 0 aromatic heterocycles. The van der Waals surface area contributed by atoms with Crippen LogP contribution < -0.4 is 5.32 Å². The summed E-state index contributed by atoms with van der Waals surface area (Å²) in [6.45, 7) is 4.84. The number of carbonyl (C=O) groups is 1. The molecule has 444 valence electrons. The van der Waals surface area contributed by atoms with Crippen LogP contribution in [0.25, 0.3) is 0 Å². The number of unbranched alkanes of at least 4 members (excludes halogenated alkanes) is 44. The van der Waals surface area contributed by atoms with Crippen LogP contribution in [0.1, 0.15) is 328 Å². The molecule has 0 rings (SSSR count). The molecule has 9 heteroatoms. The van der Waals surface area contributed by atoms with Crippen LogP contribution in [-0.4, -0.2) is 73.4 Å². The van der Waals surface area contributed by atoms with E-state index in [2.05, 4.69) is 43.5 Å². The maximum absolute atomic E-state index is 13.0. The van der Waals surface area contributed by atoms with Crippen LogP contribution in [0.15, 0.2) is 36.5 Å². The number of likely N-dealkylation sites (N-methyl/N-ethyl adjacent to an activating group) is 1. The molecule has 75 heavy (non-hydrogen) atoms. The Kier molecular flexibility index (Phi) is 56.4. The second-order valence-corrected chi connectivity index (χ2v) is 25.3. The van der Waals surface area contributed by atoms with Gasteiger partial charge in [-0.25, -0.2) is 4.57 Å². The number of carbonyl (C=O) groups excluding carboxylic acids is 1. The summed E-state index contributed by atoms with van der Waals surface area (Å²) < 4.78 is 23.7. The smallest absolute Gasteiger partial charge is 0.387 e. The highest BCUT2D eigenvalue weighted by atomic mass is 31.2. The average molecular weight is 1080 g/mol. The number of phosphoric acid groups is 1. The van der Waals surface area contributed by atoms with Gasteiger partial charge in [0.05, 0.1) is 39.9 Å². The Hall–Kier alpha value is -1.28. The number of phosphoric ester groups is 1. The maximum atomic E-state index is 13.0. The summed E-state index contributed by atoms with van der Waals surface area (Å²) in [5.74, 6) is -0.180. The van der Waals surface area contributed by atoms with E-state index in [9.17, 15) is 19.4 Å². The standard InChI is InChI=1S/C66H129N2O6P/c1-6-8-10-12-14-16-18-20-22-24-26-28-29-30-31-32-33-34-35-36-37-38-39-40-42-44-46-48-50-52-54-56-58-60-66(70)67-64(63-74-75(71,72)73-62-61-68(3,4)5)65(69)59-57-55-53-51-49-47-45-43-41-27-25-23-21-19-17-15-13-11-9-7-2/h24,26,49,51,57,59,64-65,69H,6-23,25,27-48,50,52-56,58,60-63H2,1-5H3,(H-,67,70,71,72)/p+1/b26-24-,51-49+,59-57+. The van der Waals surface area contributed by atoms with Crippen LogP contribution in [-0.2, 0) is 18.4 Å². The first kappa shape index (κ1) is 73.7. The van der Waals surface area contributed by atoms with Crippen molar-refractivity contribution in [3.8, 4) is 0 Å². The minimum atomic E-state index is -4.36. The number of aliphatic hydroxyl groups excluding tert-OH is 1. The summed E-state index contributed by atoms with van der Waals surface area (Å²) in [6.07, 6.45) is 75.7. The number of nitrogens with one attached hydrogen (secondary N) is 1. The summed E-state index contributed by atoms with van der Waals surface area (Å²) >= 11 is 0. The van der Waals surface area contributed by atoms with Gasteiger partial charge in [-0.05, 0) is 57.8 Å². The predicted octanol–water partition coefficient (Wildman–Crippen LogP) is 20.5. The van der Waals surface area contributed by atoms with Crippen molar-refractivity contribution in [3.05, 3.63) is 36.5 Å². The Morgan fingerprint density at radius 1 is 0.440 bits per heavy atom. The summed E-state index contributed by atoms with van der Waals surface area (Å²) in [5, 5.41) is 14.0. The van der Waals surface area contributed by atoms with E-state index in [1.807, 2.05) is 27.2 Å². The lowest BCUT2D eigenvalue weighted by molar-refractivity contribution is -0.870. The van der Waals surface area contributed by atoms with Crippen LogP contribution in [0.2, 0.25) is 0 Å². The molecule has 3 unspecified atom stereocenters. The Balaban J connectivity index is 4.05. The van der Waals surface area contributed by atoms with E-state index in [-0.39, 0.29) is 19.1 Å². The van der Waals surface area contributed by atoms with Crippen molar-refractivity contribution in [2.75, 3.05) is 40.9 Å². The first-order chi connectivity index (χ1) is 36.5. The van der Waals surface area contributed by atoms with E-state index >= 15 is 0 Å². The van der Waals surface area contributed by atoms with E-state index in [0.29, 0.717) is 17.4 Å². The largest absolute Gasteiger partial charge is 0.472 e. The van der Waals surface area contributed by atoms with Crippen LogP contribution in [0.4, 0.5) is 0 Å². The van der Waals surface area contributed by atoms with Crippen molar-refractivity contribution in [1.82, 2.24) is 5.32 Å². The molecule has 0 bridgehead atoms. The maximum Gasteiger partial charge on any atom is 0.472 e. The highest BCUT2D eigenvalue weighted by Crippen LogP contribution is 2.43. The summed E-state index contributed by atoms with van der Waals surface area (Å²) in [7, 11) is 1.57. The SMILES string of the molecule is CCCCCCCCCC/C=C\CCCCCCCCCCCCCCCCCCCCCCCC(=O)NC(COP(=O)(O)OCC[N+](C)(C)C)C(O)/C=C/CC/C=C/CCCCCCCCCCCCCCCC. The van der Waals surface area contributed by atoms with Gasteiger partial charge in [0.2, 0.25) is 5.91 Å². The number of allylic oxidation sites excluding steroid dienone is 5. The van der Waals surface area contributed by atoms with Gasteiger partial charge in [-0.15, -0.1) is 0 Å². The molecule has 8 nitrogen and oxygen atoms in total. The van der Waals surface area contributed by atoms with Gasteiger partial charge in [0.15, 0.2) is 0 Å². The van der Waals surface area contributed by atoms with Gasteiger partial charge in [-0.2, -0.15) is 0 Å². The number of aliphatic hydroxyl groups is 1. The molecule has 0 radical (unpaired) electrons. The zero-order valence-corrected chi connectivity index (χ0v) is 51.7. The first-order valence-electron chi connectivity index (χ1n) is 32.9. The van der Waals surface area contributed by atoms with Crippen molar-refractivity contribution in [1.29, 1.82) is 0 Å². The Morgan fingerprint density at radius 3 is 1.07 bits per heavy atom. The van der Waals surface area contributed by atoms with Crippen molar-refractivity contribution >= 4 is 13.7 Å². The molecule has 0 aromatic carbocycles. The average Bonchev–Trinajstić information content (AvgIpc) is 3.37. The topological polar surface area (TPSA) is 105 Å². The highest BCUT2D eigenvalue weighted by Gasteiger charge is 2.28. The molecule has 3 atom stereocenters. The molecule has 0 aliphatic rings. The molecular formula is C66H130N2O6P+. The van der Waals surface area contributed by atoms with Gasteiger partial charge in [0, 0.05) is 6.42 Å². The van der Waals surface area contributed by atoms with E-state index in [1.165, 1.54) is 270 Å². The fourth-order valence-corrected chi connectivity index (χ4v) is 10.7. The molecule has 0 heterocycles. The van der Waals surface area contributed by atoms with E-state index in [0.717, 1.165) is 38.5 Å². The quantitative estimate of drug-likeness (QED) is 0.0243. The number of nitrogens with zero attached hydrogens (tertiary/aromatic N) is 1. The van der Waals surface area contributed by atoms with Crippen LogP contribution in [0.5, 0.6) is 0 Å². The number of amides is 1. The molecule has 0 saturated carbocycles. The van der Waals surface area contributed by atoms with Gasteiger partial charge in [-0.1, -0.05) is 301 Å². The molecule has 1 amide bonds. The molecular weight excluding hydrogens is 948 g/mol. The Bertz CT molecular complexity index is 1320. The molecule has 3 N–H and O–H groups in total. The van der Waals surface area contributed by atoms with E-state index in [1.54, 1.807) is 6.08 Å². The predicted molar refractivity (Wildman–Crippen MR) is 328 cm³/mol. The zero-order chi connectivity index (χ0) is 54.9. The van der Waals surface area contributed by atoms with E-state index < -0.39 is 20.0 Å². The van der Waals surface area contributed by atoms with Crippen LogP contribution in [0, 0.1) is 0 Å². The lowest BCUT2D eigenvalue weighted by atomic mass is 10.0. The fourth-order valence-electron chi connectivity index (χ4n) is 9.94. The molecule has 0 aliphatic heterocycles. The third-order valence-corrected chi connectivity index (χ3v) is 16.1. The number of hydrogen-bond donors (Lipinski definition) is 3. The Labute approximate surface area is 467 Å². The molecule has 0 spiro atoms. The normalized spacial score (nSPS) is 14.0. The minimum absolute atomic E-state index is 0.0580. The summed E-state index contributed by atoms with van der Waals surface area (Å²) in [4.78, 5) is 23.4. The zero-order valence-electron chi connectivity index (χ0n) is 50.8. The van der Waals surface area contributed by atoms with Crippen molar-refractivity contribution in [2.45, 2.75) is 341 Å². The lowest BCUT2D eigenvalue weighted by Crippen LogP contribution is -2.45. The Morgan fingerprint density at radius 2 is 0.733 bits per heavy atom. The molecule has 0 aromatic rings. The van der Waals surface area contributed by atoms with Crippen molar-refractivity contribution in [3.63, 3.8) is 0 Å². The third-order valence-electron chi connectivity index (χ3n) is 15.1. The monoisotopic (exact) mass is 1080 g/mol. The van der Waals surface area contributed by atoms with Gasteiger partial charge >= 0.3 is 7.82 Å². The summed E-state index contributed by atoms with van der Waals surface area (Å²) in [6, 6.07) is -0.862. The number of hydrogen-bond acceptors (Lipinski definition) is 5. The van der Waals surface area contributed by atoms with Crippen molar-refractivity contribution < 1.29 is 32.9 Å². The third kappa shape index (κ3) is 60.2. The molecule has 0 fully saturated rings. The second-order valence-electron chi connectivity index (χ2n) is 23.8. The molecule has 0 saturated heterocycles. The fraction of sp³-hybridized carbons (Fsp3) is 0.894.